The second-order valence-electron chi connectivity index (χ2n) is 5.32. The lowest BCUT2D eigenvalue weighted by Gasteiger charge is -2.46. The smallest absolute Gasteiger partial charge is 0.238 e. The summed E-state index contributed by atoms with van der Waals surface area (Å²) in [6.45, 7) is 6.18. The number of piperidine rings is 2. The highest BCUT2D eigenvalue weighted by atomic mass is 16.1. The first-order valence-corrected chi connectivity index (χ1v) is 6.41. The molecule has 1 amide bonds. The summed E-state index contributed by atoms with van der Waals surface area (Å²) in [6.07, 6.45) is 4.14. The Labute approximate surface area is 97.6 Å². The molecule has 0 saturated carbocycles. The Hall–Kier alpha value is -0.610. The van der Waals surface area contributed by atoms with Crippen molar-refractivity contribution in [3.8, 4) is 0 Å². The molecule has 0 aliphatic carbocycles. The maximum atomic E-state index is 11.8. The lowest BCUT2D eigenvalue weighted by molar-refractivity contribution is -0.133. The molecule has 0 aromatic rings. The van der Waals surface area contributed by atoms with Crippen molar-refractivity contribution >= 4 is 5.91 Å². The molecule has 0 atom stereocenters. The quantitative estimate of drug-likeness (QED) is 0.712. The Balaban J connectivity index is 2.09. The molecule has 16 heavy (non-hydrogen) atoms. The minimum Gasteiger partial charge on any atom is -0.368 e. The largest absolute Gasteiger partial charge is 0.368 e. The topological polar surface area (TPSA) is 58.4 Å². The van der Waals surface area contributed by atoms with E-state index in [0.717, 1.165) is 44.9 Å². The molecule has 2 heterocycles. The zero-order valence-electron chi connectivity index (χ0n) is 10.2. The van der Waals surface area contributed by atoms with Gasteiger partial charge in [0.1, 0.15) is 5.54 Å². The molecule has 0 spiro atoms. The van der Waals surface area contributed by atoms with Crippen LogP contribution in [0.5, 0.6) is 0 Å². The molecule has 2 aliphatic rings. The van der Waals surface area contributed by atoms with Crippen molar-refractivity contribution < 1.29 is 4.79 Å². The Kier molecular flexibility index (Phi) is 3.50. The van der Waals surface area contributed by atoms with Crippen LogP contribution in [0.4, 0.5) is 0 Å². The third kappa shape index (κ3) is 2.09. The van der Waals surface area contributed by atoms with Gasteiger partial charge >= 0.3 is 0 Å². The highest BCUT2D eigenvalue weighted by Gasteiger charge is 2.43. The van der Waals surface area contributed by atoms with Crippen LogP contribution in [0.15, 0.2) is 0 Å². The number of amides is 1. The first-order chi connectivity index (χ1) is 7.65. The Bertz CT molecular complexity index is 253. The van der Waals surface area contributed by atoms with E-state index >= 15 is 0 Å². The number of carbonyl (C=O) groups excluding carboxylic acids is 1. The summed E-state index contributed by atoms with van der Waals surface area (Å²) in [5.74, 6) is 0.673. The Morgan fingerprint density at radius 2 is 1.88 bits per heavy atom. The van der Waals surface area contributed by atoms with E-state index in [4.69, 9.17) is 5.73 Å². The molecule has 0 aromatic carbocycles. The standard InChI is InChI=1S/C12H23N3O/c1-10-2-8-15(9-3-10)12(11(13)16)4-6-14-7-5-12/h10,14H,2-9H2,1H3,(H2,13,16). The number of nitrogens with zero attached hydrogens (tertiary/aromatic N) is 1. The number of nitrogens with one attached hydrogen (secondary N) is 1. The average Bonchev–Trinajstić information content (AvgIpc) is 2.30. The van der Waals surface area contributed by atoms with Gasteiger partial charge in [-0.1, -0.05) is 6.92 Å². The number of hydrogen-bond acceptors (Lipinski definition) is 3. The van der Waals surface area contributed by atoms with Crippen LogP contribution in [0.1, 0.15) is 32.6 Å². The molecule has 2 saturated heterocycles. The van der Waals surface area contributed by atoms with E-state index in [0.29, 0.717) is 0 Å². The maximum Gasteiger partial charge on any atom is 0.238 e. The van der Waals surface area contributed by atoms with Crippen LogP contribution in [0.2, 0.25) is 0 Å². The third-order valence-corrected chi connectivity index (χ3v) is 4.28. The van der Waals surface area contributed by atoms with Gasteiger partial charge in [-0.2, -0.15) is 0 Å². The minimum atomic E-state index is -0.356. The average molecular weight is 225 g/mol. The lowest BCUT2D eigenvalue weighted by atomic mass is 9.83. The van der Waals surface area contributed by atoms with Crippen molar-refractivity contribution in [3.63, 3.8) is 0 Å². The second kappa shape index (κ2) is 4.72. The fraction of sp³-hybridized carbons (Fsp3) is 0.917. The molecule has 0 aromatic heterocycles. The van der Waals surface area contributed by atoms with Crippen molar-refractivity contribution in [2.24, 2.45) is 11.7 Å². The molecule has 0 bridgehead atoms. The van der Waals surface area contributed by atoms with E-state index in [-0.39, 0.29) is 11.4 Å². The van der Waals surface area contributed by atoms with Crippen LogP contribution in [-0.2, 0) is 4.79 Å². The van der Waals surface area contributed by atoms with Crippen molar-refractivity contribution in [1.82, 2.24) is 10.2 Å². The SMILES string of the molecule is CC1CCN(C2(C(N)=O)CCNCC2)CC1. The van der Waals surface area contributed by atoms with Gasteiger partial charge in [-0.15, -0.1) is 0 Å². The predicted molar refractivity (Wildman–Crippen MR) is 64.0 cm³/mol. The van der Waals surface area contributed by atoms with Gasteiger partial charge in [0.05, 0.1) is 0 Å². The molecule has 4 heteroatoms. The highest BCUT2D eigenvalue weighted by Crippen LogP contribution is 2.30. The first kappa shape index (κ1) is 11.9. The summed E-state index contributed by atoms with van der Waals surface area (Å²) >= 11 is 0. The van der Waals surface area contributed by atoms with E-state index in [1.165, 1.54) is 12.8 Å². The van der Waals surface area contributed by atoms with Crippen molar-refractivity contribution in [3.05, 3.63) is 0 Å². The van der Waals surface area contributed by atoms with Crippen LogP contribution in [0, 0.1) is 5.92 Å². The summed E-state index contributed by atoms with van der Waals surface area (Å²) in [5, 5.41) is 3.31. The van der Waals surface area contributed by atoms with Crippen LogP contribution in [-0.4, -0.2) is 42.5 Å². The summed E-state index contributed by atoms with van der Waals surface area (Å²) < 4.78 is 0. The number of hydrogen-bond donors (Lipinski definition) is 2. The molecule has 2 aliphatic heterocycles. The van der Waals surface area contributed by atoms with Crippen molar-refractivity contribution in [2.75, 3.05) is 26.2 Å². The van der Waals surface area contributed by atoms with E-state index < -0.39 is 0 Å². The molecule has 4 nitrogen and oxygen atoms in total. The molecule has 92 valence electrons. The number of likely N-dealkylation sites (tertiary alicyclic amines) is 1. The van der Waals surface area contributed by atoms with Crippen molar-refractivity contribution in [1.29, 1.82) is 0 Å². The Morgan fingerprint density at radius 1 is 1.31 bits per heavy atom. The monoisotopic (exact) mass is 225 g/mol. The lowest BCUT2D eigenvalue weighted by Crippen LogP contribution is -2.63. The fourth-order valence-corrected chi connectivity index (χ4v) is 3.00. The molecule has 2 fully saturated rings. The number of nitrogens with two attached hydrogens (primary N) is 1. The number of primary amides is 1. The fourth-order valence-electron chi connectivity index (χ4n) is 3.00. The van der Waals surface area contributed by atoms with Gasteiger partial charge in [0.15, 0.2) is 0 Å². The molecule has 0 unspecified atom stereocenters. The van der Waals surface area contributed by atoms with Crippen LogP contribution in [0.3, 0.4) is 0 Å². The van der Waals surface area contributed by atoms with Gasteiger partial charge < -0.3 is 11.1 Å². The second-order valence-corrected chi connectivity index (χ2v) is 5.32. The number of rotatable bonds is 2. The summed E-state index contributed by atoms with van der Waals surface area (Å²) in [5.41, 5.74) is 5.30. The van der Waals surface area contributed by atoms with Gasteiger partial charge in [0.2, 0.25) is 5.91 Å². The van der Waals surface area contributed by atoms with Crippen molar-refractivity contribution in [2.45, 2.75) is 38.1 Å². The van der Waals surface area contributed by atoms with Gasteiger partial charge in [-0.05, 0) is 57.8 Å². The molecular weight excluding hydrogens is 202 g/mol. The zero-order valence-corrected chi connectivity index (χ0v) is 10.2. The molecule has 0 radical (unpaired) electrons. The van der Waals surface area contributed by atoms with Gasteiger partial charge in [0.25, 0.3) is 0 Å². The number of carbonyl (C=O) groups is 1. The normalized spacial score (nSPS) is 27.8. The van der Waals surface area contributed by atoms with Crippen LogP contribution in [0.25, 0.3) is 0 Å². The molecule has 2 rings (SSSR count). The summed E-state index contributed by atoms with van der Waals surface area (Å²) in [7, 11) is 0. The van der Waals surface area contributed by atoms with Crippen LogP contribution < -0.4 is 11.1 Å². The molecule has 3 N–H and O–H groups in total. The summed E-state index contributed by atoms with van der Waals surface area (Å²) in [4.78, 5) is 14.2. The predicted octanol–water partition coefficient (Wildman–Crippen LogP) is 0.326. The van der Waals surface area contributed by atoms with E-state index in [1.54, 1.807) is 0 Å². The molecular formula is C12H23N3O. The zero-order chi connectivity index (χ0) is 11.6. The van der Waals surface area contributed by atoms with Crippen LogP contribution >= 0.6 is 0 Å². The van der Waals surface area contributed by atoms with Gasteiger partial charge in [-0.3, -0.25) is 9.69 Å². The highest BCUT2D eigenvalue weighted by molar-refractivity contribution is 5.84. The van der Waals surface area contributed by atoms with E-state index in [1.807, 2.05) is 0 Å². The van der Waals surface area contributed by atoms with Gasteiger partial charge in [0, 0.05) is 0 Å². The Morgan fingerprint density at radius 3 is 2.38 bits per heavy atom. The van der Waals surface area contributed by atoms with Gasteiger partial charge in [-0.25, -0.2) is 0 Å². The minimum absolute atomic E-state index is 0.122. The first-order valence-electron chi connectivity index (χ1n) is 6.41. The van der Waals surface area contributed by atoms with E-state index in [9.17, 15) is 4.79 Å². The summed E-state index contributed by atoms with van der Waals surface area (Å²) in [6, 6.07) is 0. The maximum absolute atomic E-state index is 11.8. The van der Waals surface area contributed by atoms with E-state index in [2.05, 4.69) is 17.1 Å². The third-order valence-electron chi connectivity index (χ3n) is 4.28.